The largest absolute Gasteiger partial charge is 0.327 e. The molecular weight excluding hydrogens is 250 g/mol. The Balaban J connectivity index is 1.95. The Bertz CT molecular complexity index is 475. The molecule has 0 aromatic carbocycles. The fourth-order valence-electron chi connectivity index (χ4n) is 2.14. The number of pyridine rings is 1. The summed E-state index contributed by atoms with van der Waals surface area (Å²) in [6, 6.07) is 5.51. The van der Waals surface area contributed by atoms with Crippen LogP contribution in [0.2, 0.25) is 0 Å². The van der Waals surface area contributed by atoms with Gasteiger partial charge in [-0.05, 0) is 25.0 Å². The van der Waals surface area contributed by atoms with Gasteiger partial charge >= 0.3 is 0 Å². The molecular formula is C12H19N3O2S. The van der Waals surface area contributed by atoms with Crippen molar-refractivity contribution in [3.8, 4) is 0 Å². The van der Waals surface area contributed by atoms with Crippen LogP contribution in [0, 0.1) is 0 Å². The number of hydrogen-bond donors (Lipinski definition) is 1. The lowest BCUT2D eigenvalue weighted by Crippen LogP contribution is -2.46. The summed E-state index contributed by atoms with van der Waals surface area (Å²) in [5.41, 5.74) is 6.62. The maximum Gasteiger partial charge on any atom is 0.214 e. The summed E-state index contributed by atoms with van der Waals surface area (Å²) < 4.78 is 25.8. The van der Waals surface area contributed by atoms with E-state index in [4.69, 9.17) is 5.73 Å². The van der Waals surface area contributed by atoms with E-state index >= 15 is 0 Å². The number of sulfonamides is 1. The van der Waals surface area contributed by atoms with E-state index in [-0.39, 0.29) is 11.8 Å². The van der Waals surface area contributed by atoms with E-state index < -0.39 is 10.0 Å². The summed E-state index contributed by atoms with van der Waals surface area (Å²) in [4.78, 5) is 4.13. The molecule has 1 aromatic rings. The predicted molar refractivity (Wildman–Crippen MR) is 70.5 cm³/mol. The first-order valence-corrected chi connectivity index (χ1v) is 7.82. The molecule has 1 unspecified atom stereocenters. The van der Waals surface area contributed by atoms with Gasteiger partial charge in [0, 0.05) is 37.4 Å². The summed E-state index contributed by atoms with van der Waals surface area (Å²) in [6.07, 6.45) is 3.89. The first kappa shape index (κ1) is 13.5. The van der Waals surface area contributed by atoms with Gasteiger partial charge in [0.05, 0.1) is 5.75 Å². The predicted octanol–water partition coefficient (Wildman–Crippen LogP) is 0.377. The highest BCUT2D eigenvalue weighted by atomic mass is 32.2. The number of nitrogens with two attached hydrogens (primary N) is 1. The van der Waals surface area contributed by atoms with Gasteiger partial charge in [-0.3, -0.25) is 4.98 Å². The number of hydrogen-bond acceptors (Lipinski definition) is 4. The molecule has 5 nitrogen and oxygen atoms in total. The Labute approximate surface area is 108 Å². The van der Waals surface area contributed by atoms with Crippen LogP contribution in [0.25, 0.3) is 0 Å². The van der Waals surface area contributed by atoms with E-state index in [1.54, 1.807) is 6.20 Å². The van der Waals surface area contributed by atoms with Gasteiger partial charge in [-0.1, -0.05) is 6.07 Å². The van der Waals surface area contributed by atoms with Crippen molar-refractivity contribution in [3.05, 3.63) is 30.1 Å². The van der Waals surface area contributed by atoms with Gasteiger partial charge in [-0.2, -0.15) is 0 Å². The Kier molecular flexibility index (Phi) is 4.31. The van der Waals surface area contributed by atoms with E-state index in [2.05, 4.69) is 4.98 Å². The summed E-state index contributed by atoms with van der Waals surface area (Å²) in [7, 11) is -3.20. The third kappa shape index (κ3) is 3.51. The molecule has 0 radical (unpaired) electrons. The van der Waals surface area contributed by atoms with Crippen LogP contribution in [0.5, 0.6) is 0 Å². The number of aromatic nitrogens is 1. The molecule has 1 aromatic heterocycles. The van der Waals surface area contributed by atoms with Crippen LogP contribution in [0.15, 0.2) is 24.4 Å². The molecule has 1 saturated heterocycles. The van der Waals surface area contributed by atoms with Crippen LogP contribution in [0.4, 0.5) is 0 Å². The molecule has 2 heterocycles. The van der Waals surface area contributed by atoms with Crippen LogP contribution in [-0.2, 0) is 16.4 Å². The topological polar surface area (TPSA) is 76.3 Å². The molecule has 1 aliphatic rings. The van der Waals surface area contributed by atoms with Crippen LogP contribution >= 0.6 is 0 Å². The average Bonchev–Trinajstić information content (AvgIpc) is 2.38. The van der Waals surface area contributed by atoms with Crippen molar-refractivity contribution in [1.29, 1.82) is 0 Å². The lowest BCUT2D eigenvalue weighted by Gasteiger charge is -2.29. The SMILES string of the molecule is NC1CCCN(S(=O)(=O)CCc2ccccn2)C1. The highest BCUT2D eigenvalue weighted by Crippen LogP contribution is 2.13. The quantitative estimate of drug-likeness (QED) is 0.857. The van der Waals surface area contributed by atoms with E-state index in [1.807, 2.05) is 18.2 Å². The summed E-state index contributed by atoms with van der Waals surface area (Å²) in [5, 5.41) is 0. The second-order valence-electron chi connectivity index (χ2n) is 4.65. The van der Waals surface area contributed by atoms with Crippen molar-refractivity contribution in [2.24, 2.45) is 5.73 Å². The van der Waals surface area contributed by atoms with Crippen LogP contribution in [0.3, 0.4) is 0 Å². The second kappa shape index (κ2) is 5.77. The molecule has 2 N–H and O–H groups in total. The third-order valence-electron chi connectivity index (χ3n) is 3.16. The van der Waals surface area contributed by atoms with Gasteiger partial charge in [0.25, 0.3) is 0 Å². The maximum atomic E-state index is 12.1. The molecule has 1 fully saturated rings. The fraction of sp³-hybridized carbons (Fsp3) is 0.583. The monoisotopic (exact) mass is 269 g/mol. The zero-order chi connectivity index (χ0) is 13.0. The fourth-order valence-corrected chi connectivity index (χ4v) is 3.69. The van der Waals surface area contributed by atoms with Gasteiger partial charge in [0.1, 0.15) is 0 Å². The Morgan fingerprint density at radius 1 is 1.44 bits per heavy atom. The van der Waals surface area contributed by atoms with E-state index in [0.717, 1.165) is 18.5 Å². The smallest absolute Gasteiger partial charge is 0.214 e. The Morgan fingerprint density at radius 2 is 2.28 bits per heavy atom. The molecule has 1 atom stereocenters. The molecule has 100 valence electrons. The molecule has 0 saturated carbocycles. The van der Waals surface area contributed by atoms with E-state index in [1.165, 1.54) is 4.31 Å². The molecule has 1 aliphatic heterocycles. The van der Waals surface area contributed by atoms with Crippen molar-refractivity contribution in [3.63, 3.8) is 0 Å². The third-order valence-corrected chi connectivity index (χ3v) is 4.99. The van der Waals surface area contributed by atoms with Crippen molar-refractivity contribution < 1.29 is 8.42 Å². The van der Waals surface area contributed by atoms with Gasteiger partial charge < -0.3 is 5.73 Å². The van der Waals surface area contributed by atoms with Crippen LogP contribution in [-0.4, -0.2) is 42.6 Å². The Hall–Kier alpha value is -0.980. The van der Waals surface area contributed by atoms with Crippen molar-refractivity contribution in [2.45, 2.75) is 25.3 Å². The first-order chi connectivity index (χ1) is 8.58. The lowest BCUT2D eigenvalue weighted by atomic mass is 10.1. The Morgan fingerprint density at radius 3 is 2.94 bits per heavy atom. The van der Waals surface area contributed by atoms with Gasteiger partial charge in [0.2, 0.25) is 10.0 Å². The van der Waals surface area contributed by atoms with Gasteiger partial charge in [0.15, 0.2) is 0 Å². The summed E-state index contributed by atoms with van der Waals surface area (Å²) in [6.45, 7) is 1.04. The van der Waals surface area contributed by atoms with Gasteiger partial charge in [-0.25, -0.2) is 12.7 Å². The number of rotatable bonds is 4. The highest BCUT2D eigenvalue weighted by molar-refractivity contribution is 7.89. The van der Waals surface area contributed by atoms with E-state index in [9.17, 15) is 8.42 Å². The molecule has 2 rings (SSSR count). The standard InChI is InChI=1S/C12H19N3O2S/c13-11-4-3-8-15(10-11)18(16,17)9-6-12-5-1-2-7-14-12/h1-2,5,7,11H,3-4,6,8-10,13H2. The summed E-state index contributed by atoms with van der Waals surface area (Å²) in [5.74, 6) is 0.108. The van der Waals surface area contributed by atoms with Crippen LogP contribution < -0.4 is 5.73 Å². The number of aryl methyl sites for hydroxylation is 1. The first-order valence-electron chi connectivity index (χ1n) is 6.21. The summed E-state index contributed by atoms with van der Waals surface area (Å²) >= 11 is 0. The molecule has 0 aliphatic carbocycles. The number of piperidine rings is 1. The molecule has 0 amide bonds. The van der Waals surface area contributed by atoms with Crippen molar-refractivity contribution in [1.82, 2.24) is 9.29 Å². The maximum absolute atomic E-state index is 12.1. The molecule has 18 heavy (non-hydrogen) atoms. The van der Waals surface area contributed by atoms with Gasteiger partial charge in [-0.15, -0.1) is 0 Å². The minimum Gasteiger partial charge on any atom is -0.327 e. The average molecular weight is 269 g/mol. The van der Waals surface area contributed by atoms with Crippen LogP contribution in [0.1, 0.15) is 18.5 Å². The van der Waals surface area contributed by atoms with E-state index in [0.29, 0.717) is 19.5 Å². The molecule has 0 spiro atoms. The highest BCUT2D eigenvalue weighted by Gasteiger charge is 2.26. The normalized spacial score (nSPS) is 21.9. The minimum absolute atomic E-state index is 0.0247. The lowest BCUT2D eigenvalue weighted by molar-refractivity contribution is 0.316. The number of nitrogens with zero attached hydrogens (tertiary/aromatic N) is 2. The molecule has 0 bridgehead atoms. The molecule has 6 heteroatoms. The zero-order valence-corrected chi connectivity index (χ0v) is 11.1. The minimum atomic E-state index is -3.20. The van der Waals surface area contributed by atoms with Crippen molar-refractivity contribution in [2.75, 3.05) is 18.8 Å². The zero-order valence-electron chi connectivity index (χ0n) is 10.3. The van der Waals surface area contributed by atoms with Crippen molar-refractivity contribution >= 4 is 10.0 Å². The second-order valence-corrected chi connectivity index (χ2v) is 6.74.